The minimum absolute atomic E-state index is 0.380. The molecule has 0 N–H and O–H groups in total. The van der Waals surface area contributed by atoms with Crippen LogP contribution in [0.3, 0.4) is 0 Å². The Labute approximate surface area is 103 Å². The molecule has 0 amide bonds. The Morgan fingerprint density at radius 3 is 2.65 bits per heavy atom. The van der Waals surface area contributed by atoms with E-state index in [4.69, 9.17) is 0 Å². The Morgan fingerprint density at radius 1 is 1.24 bits per heavy atom. The Kier molecular flexibility index (Phi) is 4.72. The zero-order chi connectivity index (χ0) is 11.9. The monoisotopic (exact) mass is 231 g/mol. The van der Waals surface area contributed by atoms with Crippen molar-refractivity contribution in [2.45, 2.75) is 51.4 Å². The van der Waals surface area contributed by atoms with Crippen LogP contribution in [-0.2, 0) is 11.2 Å². The second-order valence-electron chi connectivity index (χ2n) is 5.14. The molecular formula is C15H21NO. The van der Waals surface area contributed by atoms with Crippen molar-refractivity contribution in [3.8, 4) is 0 Å². The normalized spacial score (nSPS) is 17.6. The average molecular weight is 231 g/mol. The van der Waals surface area contributed by atoms with Crippen LogP contribution < -0.4 is 0 Å². The number of nitrogens with zero attached hydrogens (tertiary/aromatic N) is 1. The number of pyridine rings is 1. The van der Waals surface area contributed by atoms with Crippen molar-refractivity contribution in [2.24, 2.45) is 5.92 Å². The smallest absolute Gasteiger partial charge is 0.137 e. The lowest BCUT2D eigenvalue weighted by Crippen LogP contribution is -2.10. The fourth-order valence-corrected chi connectivity index (χ4v) is 2.69. The molecule has 1 aliphatic rings. The van der Waals surface area contributed by atoms with Crippen LogP contribution in [0.1, 0.15) is 50.5 Å². The first kappa shape index (κ1) is 12.3. The summed E-state index contributed by atoms with van der Waals surface area (Å²) in [7, 11) is 0. The highest BCUT2D eigenvalue weighted by Gasteiger charge is 2.16. The molecule has 0 saturated heterocycles. The third kappa shape index (κ3) is 4.29. The van der Waals surface area contributed by atoms with Gasteiger partial charge in [-0.05, 0) is 17.5 Å². The molecule has 0 radical (unpaired) electrons. The third-order valence-corrected chi connectivity index (χ3v) is 3.62. The van der Waals surface area contributed by atoms with Gasteiger partial charge in [-0.2, -0.15) is 0 Å². The number of hydrogen-bond acceptors (Lipinski definition) is 2. The van der Waals surface area contributed by atoms with Gasteiger partial charge in [0.1, 0.15) is 5.78 Å². The summed E-state index contributed by atoms with van der Waals surface area (Å²) in [5.41, 5.74) is 1.05. The molecule has 1 saturated carbocycles. The van der Waals surface area contributed by atoms with Crippen molar-refractivity contribution in [1.29, 1.82) is 0 Å². The van der Waals surface area contributed by atoms with E-state index in [2.05, 4.69) is 4.98 Å². The predicted octanol–water partition coefficient (Wildman–Crippen LogP) is 3.55. The summed E-state index contributed by atoms with van der Waals surface area (Å²) >= 11 is 0. The second kappa shape index (κ2) is 6.53. The minimum atomic E-state index is 0.380. The largest absolute Gasteiger partial charge is 0.299 e. The van der Waals surface area contributed by atoms with Gasteiger partial charge in [-0.1, -0.05) is 44.6 Å². The predicted molar refractivity (Wildman–Crippen MR) is 68.8 cm³/mol. The van der Waals surface area contributed by atoms with Gasteiger partial charge in [0.15, 0.2) is 0 Å². The van der Waals surface area contributed by atoms with Crippen molar-refractivity contribution in [1.82, 2.24) is 4.98 Å². The summed E-state index contributed by atoms with van der Waals surface area (Å²) in [6, 6.07) is 3.88. The quantitative estimate of drug-likeness (QED) is 0.742. The maximum Gasteiger partial charge on any atom is 0.137 e. The molecule has 1 aromatic rings. The molecule has 1 fully saturated rings. The van der Waals surface area contributed by atoms with E-state index in [1.165, 1.54) is 38.5 Å². The van der Waals surface area contributed by atoms with Gasteiger partial charge in [-0.3, -0.25) is 9.78 Å². The molecule has 2 heteroatoms. The SMILES string of the molecule is O=C(Cc1cccnc1)CC1CCCCCC1. The van der Waals surface area contributed by atoms with Gasteiger partial charge in [0, 0.05) is 25.2 Å². The van der Waals surface area contributed by atoms with E-state index in [1.54, 1.807) is 12.4 Å². The molecule has 0 aliphatic heterocycles. The fraction of sp³-hybridized carbons (Fsp3) is 0.600. The molecule has 0 unspecified atom stereocenters. The summed E-state index contributed by atoms with van der Waals surface area (Å²) < 4.78 is 0. The molecule has 0 spiro atoms. The number of ketones is 1. The van der Waals surface area contributed by atoms with E-state index in [0.29, 0.717) is 18.1 Å². The lowest BCUT2D eigenvalue weighted by molar-refractivity contribution is -0.119. The maximum absolute atomic E-state index is 12.0. The third-order valence-electron chi connectivity index (χ3n) is 3.62. The molecule has 0 aromatic carbocycles. The topological polar surface area (TPSA) is 30.0 Å². The standard InChI is InChI=1S/C15H21NO/c17-15(11-14-8-5-9-16-12-14)10-13-6-3-1-2-4-7-13/h5,8-9,12-13H,1-4,6-7,10-11H2. The van der Waals surface area contributed by atoms with Crippen LogP contribution in [0.25, 0.3) is 0 Å². The molecule has 1 heterocycles. The van der Waals surface area contributed by atoms with Gasteiger partial charge >= 0.3 is 0 Å². The van der Waals surface area contributed by atoms with Crippen LogP contribution in [0.5, 0.6) is 0 Å². The first-order chi connectivity index (χ1) is 8.34. The lowest BCUT2D eigenvalue weighted by Gasteiger charge is -2.12. The summed E-state index contributed by atoms with van der Waals surface area (Å²) in [6.07, 6.45) is 12.7. The fourth-order valence-electron chi connectivity index (χ4n) is 2.69. The molecule has 0 bridgehead atoms. The van der Waals surface area contributed by atoms with Crippen molar-refractivity contribution >= 4 is 5.78 Å². The van der Waals surface area contributed by atoms with Crippen LogP contribution in [0.15, 0.2) is 24.5 Å². The van der Waals surface area contributed by atoms with Crippen LogP contribution >= 0.6 is 0 Å². The van der Waals surface area contributed by atoms with Crippen molar-refractivity contribution in [3.63, 3.8) is 0 Å². The van der Waals surface area contributed by atoms with Gasteiger partial charge in [0.2, 0.25) is 0 Å². The van der Waals surface area contributed by atoms with Crippen LogP contribution in [0.2, 0.25) is 0 Å². The molecule has 92 valence electrons. The highest BCUT2D eigenvalue weighted by atomic mass is 16.1. The highest BCUT2D eigenvalue weighted by molar-refractivity contribution is 5.80. The van der Waals surface area contributed by atoms with Gasteiger partial charge in [0.05, 0.1) is 0 Å². The summed E-state index contributed by atoms with van der Waals surface area (Å²) in [4.78, 5) is 16.0. The number of hydrogen-bond donors (Lipinski definition) is 0. The molecule has 2 nitrogen and oxygen atoms in total. The van der Waals surface area contributed by atoms with Gasteiger partial charge in [-0.25, -0.2) is 0 Å². The first-order valence-electron chi connectivity index (χ1n) is 6.75. The van der Waals surface area contributed by atoms with Crippen LogP contribution in [-0.4, -0.2) is 10.8 Å². The molecule has 1 aliphatic carbocycles. The number of carbonyl (C=O) groups is 1. The Hall–Kier alpha value is -1.18. The molecule has 0 atom stereocenters. The van der Waals surface area contributed by atoms with Gasteiger partial charge in [-0.15, -0.1) is 0 Å². The molecular weight excluding hydrogens is 210 g/mol. The molecule has 2 rings (SSSR count). The van der Waals surface area contributed by atoms with E-state index in [0.717, 1.165) is 12.0 Å². The van der Waals surface area contributed by atoms with Crippen LogP contribution in [0, 0.1) is 5.92 Å². The summed E-state index contributed by atoms with van der Waals surface area (Å²) in [5.74, 6) is 1.02. The van der Waals surface area contributed by atoms with E-state index in [9.17, 15) is 4.79 Å². The summed E-state index contributed by atoms with van der Waals surface area (Å²) in [5, 5.41) is 0. The number of Topliss-reactive ketones (excluding diaryl/α,β-unsaturated/α-hetero) is 1. The Bertz CT molecular complexity index is 339. The Balaban J connectivity index is 1.80. The number of rotatable bonds is 4. The molecule has 17 heavy (non-hydrogen) atoms. The average Bonchev–Trinajstić information content (AvgIpc) is 2.59. The van der Waals surface area contributed by atoms with Crippen molar-refractivity contribution in [2.75, 3.05) is 0 Å². The molecule has 1 aromatic heterocycles. The minimum Gasteiger partial charge on any atom is -0.299 e. The first-order valence-corrected chi connectivity index (χ1v) is 6.75. The van der Waals surface area contributed by atoms with E-state index < -0.39 is 0 Å². The van der Waals surface area contributed by atoms with Gasteiger partial charge in [0.25, 0.3) is 0 Å². The Morgan fingerprint density at radius 2 is 2.00 bits per heavy atom. The zero-order valence-electron chi connectivity index (χ0n) is 10.4. The maximum atomic E-state index is 12.0. The number of carbonyl (C=O) groups excluding carboxylic acids is 1. The highest BCUT2D eigenvalue weighted by Crippen LogP contribution is 2.25. The zero-order valence-corrected chi connectivity index (χ0v) is 10.4. The van der Waals surface area contributed by atoms with E-state index in [-0.39, 0.29) is 0 Å². The van der Waals surface area contributed by atoms with E-state index in [1.807, 2.05) is 12.1 Å². The van der Waals surface area contributed by atoms with Crippen molar-refractivity contribution < 1.29 is 4.79 Å². The second-order valence-corrected chi connectivity index (χ2v) is 5.14. The summed E-state index contributed by atoms with van der Waals surface area (Å²) in [6.45, 7) is 0. The van der Waals surface area contributed by atoms with E-state index >= 15 is 0 Å². The lowest BCUT2D eigenvalue weighted by atomic mass is 9.92. The van der Waals surface area contributed by atoms with Crippen LogP contribution in [0.4, 0.5) is 0 Å². The van der Waals surface area contributed by atoms with Gasteiger partial charge < -0.3 is 0 Å². The number of aromatic nitrogens is 1. The van der Waals surface area contributed by atoms with Crippen molar-refractivity contribution in [3.05, 3.63) is 30.1 Å².